The summed E-state index contributed by atoms with van der Waals surface area (Å²) in [6, 6.07) is 1.72. The van der Waals surface area contributed by atoms with Crippen LogP contribution in [-0.4, -0.2) is 23.2 Å². The highest BCUT2D eigenvalue weighted by Gasteiger charge is 2.12. The molecule has 0 saturated heterocycles. The summed E-state index contributed by atoms with van der Waals surface area (Å²) in [5.74, 6) is 1.15. The lowest BCUT2D eigenvalue weighted by molar-refractivity contribution is 0.393. The minimum Gasteiger partial charge on any atom is -0.481 e. The highest BCUT2D eigenvalue weighted by Crippen LogP contribution is 2.14. The molecule has 0 unspecified atom stereocenters. The van der Waals surface area contributed by atoms with Crippen LogP contribution in [0.3, 0.4) is 0 Å². The lowest BCUT2D eigenvalue weighted by Gasteiger charge is -2.02. The van der Waals surface area contributed by atoms with Crippen molar-refractivity contribution in [2.45, 2.75) is 6.54 Å². The molecule has 1 aliphatic heterocycles. The number of hydrogen-bond acceptors (Lipinski definition) is 4. The minimum absolute atomic E-state index is 0.255. The van der Waals surface area contributed by atoms with Crippen molar-refractivity contribution >= 4 is 5.82 Å². The maximum Gasteiger partial charge on any atom is 0.352 e. The zero-order valence-electron chi connectivity index (χ0n) is 6.70. The molecule has 0 aromatic carbocycles. The molecule has 5 heteroatoms. The Bertz CT molecular complexity index is 358. The van der Waals surface area contributed by atoms with E-state index in [2.05, 4.69) is 10.3 Å². The molecule has 0 aliphatic carbocycles. The average molecular weight is 167 g/mol. The average Bonchev–Trinajstić information content (AvgIpc) is 2.52. The lowest BCUT2D eigenvalue weighted by Crippen LogP contribution is -2.20. The lowest BCUT2D eigenvalue weighted by atomic mass is 10.5. The zero-order valence-corrected chi connectivity index (χ0v) is 6.70. The summed E-state index contributed by atoms with van der Waals surface area (Å²) < 4.78 is 6.44. The van der Waals surface area contributed by atoms with Crippen LogP contribution in [0.25, 0.3) is 0 Å². The summed E-state index contributed by atoms with van der Waals surface area (Å²) in [5.41, 5.74) is -0.255. The quantitative estimate of drug-likeness (QED) is 0.622. The number of hydrogen-bond donors (Lipinski definition) is 1. The highest BCUT2D eigenvalue weighted by atomic mass is 16.5. The van der Waals surface area contributed by atoms with Crippen molar-refractivity contribution < 1.29 is 4.74 Å². The third-order valence-electron chi connectivity index (χ3n) is 1.84. The van der Waals surface area contributed by atoms with Gasteiger partial charge in [0.05, 0.1) is 7.11 Å². The van der Waals surface area contributed by atoms with E-state index in [0.717, 1.165) is 12.4 Å². The number of nitrogens with one attached hydrogen (secondary N) is 1. The Balaban J connectivity index is 2.59. The van der Waals surface area contributed by atoms with Crippen LogP contribution in [0.4, 0.5) is 5.82 Å². The molecular formula is C7H9N3O2. The summed E-state index contributed by atoms with van der Waals surface area (Å²) in [7, 11) is 1.49. The molecule has 0 amide bonds. The van der Waals surface area contributed by atoms with E-state index in [-0.39, 0.29) is 5.69 Å². The van der Waals surface area contributed by atoms with Crippen LogP contribution >= 0.6 is 0 Å². The van der Waals surface area contributed by atoms with E-state index in [1.165, 1.54) is 7.11 Å². The molecule has 2 heterocycles. The van der Waals surface area contributed by atoms with Gasteiger partial charge in [-0.15, -0.1) is 0 Å². The fraction of sp³-hybridized carbons (Fsp3) is 0.429. The molecule has 1 aromatic rings. The predicted octanol–water partition coefficient (Wildman–Crippen LogP) is -0.323. The van der Waals surface area contributed by atoms with Crippen molar-refractivity contribution in [3.63, 3.8) is 0 Å². The van der Waals surface area contributed by atoms with Gasteiger partial charge in [0.1, 0.15) is 5.82 Å². The number of nitrogens with zero attached hydrogens (tertiary/aromatic N) is 2. The van der Waals surface area contributed by atoms with Gasteiger partial charge in [0, 0.05) is 19.2 Å². The van der Waals surface area contributed by atoms with Crippen molar-refractivity contribution in [3.8, 4) is 5.88 Å². The van der Waals surface area contributed by atoms with Crippen molar-refractivity contribution in [1.82, 2.24) is 9.55 Å². The fourth-order valence-corrected chi connectivity index (χ4v) is 1.25. The van der Waals surface area contributed by atoms with Gasteiger partial charge < -0.3 is 10.1 Å². The molecule has 0 atom stereocenters. The van der Waals surface area contributed by atoms with E-state index in [1.807, 2.05) is 0 Å². The minimum atomic E-state index is -0.255. The summed E-state index contributed by atoms with van der Waals surface area (Å²) in [6.07, 6.45) is 0. The Labute approximate surface area is 69.0 Å². The van der Waals surface area contributed by atoms with Gasteiger partial charge in [0.15, 0.2) is 0 Å². The van der Waals surface area contributed by atoms with E-state index in [4.69, 9.17) is 4.74 Å². The Morgan fingerprint density at radius 2 is 2.58 bits per heavy atom. The van der Waals surface area contributed by atoms with Crippen LogP contribution in [-0.2, 0) is 6.54 Å². The van der Waals surface area contributed by atoms with Gasteiger partial charge in [-0.25, -0.2) is 4.79 Å². The second-order valence-electron chi connectivity index (χ2n) is 2.54. The van der Waals surface area contributed by atoms with E-state index in [0.29, 0.717) is 12.4 Å². The molecule has 0 bridgehead atoms. The van der Waals surface area contributed by atoms with E-state index in [1.54, 1.807) is 10.6 Å². The first kappa shape index (κ1) is 7.15. The molecule has 1 aliphatic rings. The monoisotopic (exact) mass is 167 g/mol. The van der Waals surface area contributed by atoms with Gasteiger partial charge >= 0.3 is 5.69 Å². The maximum absolute atomic E-state index is 11.2. The smallest absolute Gasteiger partial charge is 0.352 e. The second-order valence-corrected chi connectivity index (χ2v) is 2.54. The Morgan fingerprint density at radius 3 is 3.33 bits per heavy atom. The highest BCUT2D eigenvalue weighted by molar-refractivity contribution is 5.41. The SMILES string of the molecule is COc1cc2n(c(=O)n1)CCN2. The molecular weight excluding hydrogens is 158 g/mol. The molecule has 0 fully saturated rings. The number of ether oxygens (including phenoxy) is 1. The van der Waals surface area contributed by atoms with E-state index in [9.17, 15) is 4.79 Å². The molecule has 1 aromatic heterocycles. The number of aromatic nitrogens is 2. The molecule has 1 N–H and O–H groups in total. The summed E-state index contributed by atoms with van der Waals surface area (Å²) >= 11 is 0. The van der Waals surface area contributed by atoms with Crippen molar-refractivity contribution in [3.05, 3.63) is 16.6 Å². The number of methoxy groups -OCH3 is 1. The first-order valence-corrected chi connectivity index (χ1v) is 3.71. The van der Waals surface area contributed by atoms with Gasteiger partial charge in [-0.3, -0.25) is 4.57 Å². The molecule has 0 saturated carbocycles. The first-order chi connectivity index (χ1) is 5.81. The van der Waals surface area contributed by atoms with Crippen molar-refractivity contribution in [1.29, 1.82) is 0 Å². The number of fused-ring (bicyclic) bond motifs is 1. The van der Waals surface area contributed by atoms with E-state index < -0.39 is 0 Å². The van der Waals surface area contributed by atoms with Crippen LogP contribution in [0.1, 0.15) is 0 Å². The van der Waals surface area contributed by atoms with Crippen LogP contribution in [0, 0.1) is 0 Å². The van der Waals surface area contributed by atoms with Crippen LogP contribution < -0.4 is 15.7 Å². The third-order valence-corrected chi connectivity index (χ3v) is 1.84. The van der Waals surface area contributed by atoms with Gasteiger partial charge in [0.25, 0.3) is 0 Å². The normalized spacial score (nSPS) is 13.8. The maximum atomic E-state index is 11.2. The fourth-order valence-electron chi connectivity index (χ4n) is 1.25. The molecule has 2 rings (SSSR count). The van der Waals surface area contributed by atoms with Crippen LogP contribution in [0.5, 0.6) is 5.88 Å². The van der Waals surface area contributed by atoms with Crippen molar-refractivity contribution in [2.24, 2.45) is 0 Å². The third kappa shape index (κ3) is 0.939. The Morgan fingerprint density at radius 1 is 1.75 bits per heavy atom. The van der Waals surface area contributed by atoms with Gasteiger partial charge in [-0.1, -0.05) is 0 Å². The topological polar surface area (TPSA) is 56.2 Å². The predicted molar refractivity (Wildman–Crippen MR) is 43.5 cm³/mol. The first-order valence-electron chi connectivity index (χ1n) is 3.71. The summed E-state index contributed by atoms with van der Waals surface area (Å²) in [4.78, 5) is 14.9. The molecule has 5 nitrogen and oxygen atoms in total. The summed E-state index contributed by atoms with van der Waals surface area (Å²) in [6.45, 7) is 1.47. The van der Waals surface area contributed by atoms with Gasteiger partial charge in [-0.2, -0.15) is 4.98 Å². The second kappa shape index (κ2) is 2.51. The van der Waals surface area contributed by atoms with Crippen LogP contribution in [0.15, 0.2) is 10.9 Å². The largest absolute Gasteiger partial charge is 0.481 e. The summed E-state index contributed by atoms with van der Waals surface area (Å²) in [5, 5.41) is 3.06. The molecule has 12 heavy (non-hydrogen) atoms. The van der Waals surface area contributed by atoms with Gasteiger partial charge in [-0.05, 0) is 0 Å². The molecule has 0 spiro atoms. The van der Waals surface area contributed by atoms with Crippen molar-refractivity contribution in [2.75, 3.05) is 19.0 Å². The molecule has 0 radical (unpaired) electrons. The number of rotatable bonds is 1. The molecule has 64 valence electrons. The van der Waals surface area contributed by atoms with E-state index >= 15 is 0 Å². The van der Waals surface area contributed by atoms with Gasteiger partial charge in [0.2, 0.25) is 5.88 Å². The standard InChI is InChI=1S/C7H9N3O2/c1-12-6-4-5-8-2-3-10(5)7(11)9-6/h4,8H,2-3H2,1H3. The number of anilines is 1. The Kier molecular flexibility index (Phi) is 1.49. The zero-order chi connectivity index (χ0) is 8.55. The van der Waals surface area contributed by atoms with Crippen LogP contribution in [0.2, 0.25) is 0 Å². The Hall–Kier alpha value is -1.52.